The standard InChI is InChI=1S/C13H20N2O2.ClH/c1-10(14)8-13(16)15-9-12(17-2)11-6-4-3-5-7-11;/h3-7,10,12H,8-9,14H2,1-2H3,(H,15,16);1H. The van der Waals surface area contributed by atoms with E-state index in [-0.39, 0.29) is 30.5 Å². The van der Waals surface area contributed by atoms with Crippen molar-refractivity contribution in [1.82, 2.24) is 5.32 Å². The van der Waals surface area contributed by atoms with E-state index in [1.54, 1.807) is 7.11 Å². The molecule has 0 aliphatic heterocycles. The Labute approximate surface area is 114 Å². The summed E-state index contributed by atoms with van der Waals surface area (Å²) >= 11 is 0. The van der Waals surface area contributed by atoms with Crippen LogP contribution in [-0.2, 0) is 9.53 Å². The average Bonchev–Trinajstić information content (AvgIpc) is 2.30. The van der Waals surface area contributed by atoms with Gasteiger partial charge in [-0.3, -0.25) is 4.79 Å². The summed E-state index contributed by atoms with van der Waals surface area (Å²) in [6.07, 6.45) is 0.221. The third-order valence-electron chi connectivity index (χ3n) is 2.45. The maximum Gasteiger partial charge on any atom is 0.221 e. The molecule has 3 N–H and O–H groups in total. The molecule has 102 valence electrons. The van der Waals surface area contributed by atoms with E-state index in [2.05, 4.69) is 5.32 Å². The van der Waals surface area contributed by atoms with Crippen LogP contribution in [0.3, 0.4) is 0 Å². The Hall–Kier alpha value is -1.10. The van der Waals surface area contributed by atoms with Crippen LogP contribution in [0.4, 0.5) is 0 Å². The smallest absolute Gasteiger partial charge is 0.221 e. The van der Waals surface area contributed by atoms with Gasteiger partial charge in [0.1, 0.15) is 0 Å². The van der Waals surface area contributed by atoms with Crippen LogP contribution in [0.2, 0.25) is 0 Å². The van der Waals surface area contributed by atoms with Crippen molar-refractivity contribution in [2.75, 3.05) is 13.7 Å². The Kier molecular flexibility index (Phi) is 8.37. The number of halogens is 1. The number of hydrogen-bond acceptors (Lipinski definition) is 3. The molecule has 0 aliphatic rings. The lowest BCUT2D eigenvalue weighted by Gasteiger charge is -2.16. The van der Waals surface area contributed by atoms with Crippen molar-refractivity contribution in [2.24, 2.45) is 5.73 Å². The lowest BCUT2D eigenvalue weighted by Crippen LogP contribution is -2.33. The molecule has 18 heavy (non-hydrogen) atoms. The second-order valence-corrected chi connectivity index (χ2v) is 4.12. The second-order valence-electron chi connectivity index (χ2n) is 4.12. The summed E-state index contributed by atoms with van der Waals surface area (Å²) in [5.74, 6) is -0.0435. The quantitative estimate of drug-likeness (QED) is 0.828. The zero-order valence-corrected chi connectivity index (χ0v) is 11.6. The molecule has 0 saturated carbocycles. The highest BCUT2D eigenvalue weighted by Gasteiger charge is 2.12. The minimum atomic E-state index is -0.118. The van der Waals surface area contributed by atoms with Gasteiger partial charge < -0.3 is 15.8 Å². The van der Waals surface area contributed by atoms with Crippen LogP contribution >= 0.6 is 12.4 Å². The first-order chi connectivity index (χ1) is 8.13. The summed E-state index contributed by atoms with van der Waals surface area (Å²) in [7, 11) is 1.63. The predicted octanol–water partition coefficient (Wildman–Crippen LogP) is 1.65. The molecule has 4 nitrogen and oxygen atoms in total. The molecule has 0 aliphatic carbocycles. The molecule has 0 spiro atoms. The van der Waals surface area contributed by atoms with Gasteiger partial charge in [0.05, 0.1) is 6.10 Å². The van der Waals surface area contributed by atoms with E-state index in [1.807, 2.05) is 37.3 Å². The highest BCUT2D eigenvalue weighted by atomic mass is 35.5. The summed E-state index contributed by atoms with van der Waals surface area (Å²) in [5, 5.41) is 2.82. The van der Waals surface area contributed by atoms with Crippen LogP contribution < -0.4 is 11.1 Å². The minimum absolute atomic E-state index is 0. The first-order valence-corrected chi connectivity index (χ1v) is 5.73. The van der Waals surface area contributed by atoms with Gasteiger partial charge >= 0.3 is 0 Å². The predicted molar refractivity (Wildman–Crippen MR) is 74.7 cm³/mol. The molecule has 1 aromatic carbocycles. The van der Waals surface area contributed by atoms with Gasteiger partial charge in [-0.1, -0.05) is 30.3 Å². The molecule has 1 rings (SSSR count). The van der Waals surface area contributed by atoms with Crippen molar-refractivity contribution < 1.29 is 9.53 Å². The van der Waals surface area contributed by atoms with Crippen LogP contribution in [0.1, 0.15) is 25.0 Å². The summed E-state index contributed by atoms with van der Waals surface area (Å²) in [6, 6.07) is 9.69. The number of nitrogens with one attached hydrogen (secondary N) is 1. The molecule has 0 fully saturated rings. The van der Waals surface area contributed by atoms with E-state index >= 15 is 0 Å². The number of rotatable bonds is 6. The molecule has 2 unspecified atom stereocenters. The fourth-order valence-electron chi connectivity index (χ4n) is 1.58. The number of ether oxygens (including phenoxy) is 1. The van der Waals surface area contributed by atoms with Gasteiger partial charge in [-0.05, 0) is 12.5 Å². The maximum absolute atomic E-state index is 11.5. The van der Waals surface area contributed by atoms with Crippen LogP contribution in [0.25, 0.3) is 0 Å². The minimum Gasteiger partial charge on any atom is -0.375 e. The molecular weight excluding hydrogens is 252 g/mol. The zero-order valence-electron chi connectivity index (χ0n) is 10.8. The van der Waals surface area contributed by atoms with Crippen LogP contribution in [-0.4, -0.2) is 25.6 Å². The topological polar surface area (TPSA) is 64.3 Å². The highest BCUT2D eigenvalue weighted by Crippen LogP contribution is 2.14. The molecule has 1 amide bonds. The first kappa shape index (κ1) is 16.9. The fourth-order valence-corrected chi connectivity index (χ4v) is 1.58. The van der Waals surface area contributed by atoms with Crippen molar-refractivity contribution in [2.45, 2.75) is 25.5 Å². The van der Waals surface area contributed by atoms with Gasteiger partial charge in [-0.15, -0.1) is 12.4 Å². The number of methoxy groups -OCH3 is 1. The van der Waals surface area contributed by atoms with E-state index in [4.69, 9.17) is 10.5 Å². The molecule has 0 bridgehead atoms. The largest absolute Gasteiger partial charge is 0.375 e. The zero-order chi connectivity index (χ0) is 12.7. The number of hydrogen-bond donors (Lipinski definition) is 2. The molecule has 2 atom stereocenters. The third kappa shape index (κ3) is 6.00. The lowest BCUT2D eigenvalue weighted by molar-refractivity contribution is -0.121. The van der Waals surface area contributed by atoms with Gasteiger partial charge in [0.2, 0.25) is 5.91 Å². The van der Waals surface area contributed by atoms with E-state index in [0.717, 1.165) is 5.56 Å². The molecule has 1 aromatic rings. The number of carbonyl (C=O) groups is 1. The molecular formula is C13H21ClN2O2. The number of carbonyl (C=O) groups excluding carboxylic acids is 1. The van der Waals surface area contributed by atoms with Crippen molar-refractivity contribution in [3.8, 4) is 0 Å². The Morgan fingerprint density at radius 3 is 2.50 bits per heavy atom. The van der Waals surface area contributed by atoms with Gasteiger partial charge in [0, 0.05) is 26.1 Å². The first-order valence-electron chi connectivity index (χ1n) is 5.73. The van der Waals surface area contributed by atoms with Gasteiger partial charge in [-0.2, -0.15) is 0 Å². The molecule has 0 saturated heterocycles. The van der Waals surface area contributed by atoms with Gasteiger partial charge in [0.25, 0.3) is 0 Å². The van der Waals surface area contributed by atoms with Crippen molar-refractivity contribution in [3.63, 3.8) is 0 Å². The van der Waals surface area contributed by atoms with Crippen LogP contribution in [0, 0.1) is 0 Å². The SMILES string of the molecule is COC(CNC(=O)CC(C)N)c1ccccc1.Cl. The summed E-state index contributed by atoms with van der Waals surface area (Å²) in [5.41, 5.74) is 6.60. The molecule has 0 aromatic heterocycles. The molecule has 5 heteroatoms. The summed E-state index contributed by atoms with van der Waals surface area (Å²) in [6.45, 7) is 2.27. The molecule has 0 radical (unpaired) electrons. The Balaban J connectivity index is 0.00000289. The number of amides is 1. The average molecular weight is 273 g/mol. The fraction of sp³-hybridized carbons (Fsp3) is 0.462. The second kappa shape index (κ2) is 8.91. The normalized spacial score (nSPS) is 13.3. The van der Waals surface area contributed by atoms with Crippen molar-refractivity contribution in [1.29, 1.82) is 0 Å². The highest BCUT2D eigenvalue weighted by molar-refractivity contribution is 5.85. The Morgan fingerprint density at radius 1 is 1.39 bits per heavy atom. The van der Waals surface area contributed by atoms with E-state index < -0.39 is 0 Å². The summed E-state index contributed by atoms with van der Waals surface area (Å²) < 4.78 is 5.35. The van der Waals surface area contributed by atoms with Crippen LogP contribution in [0.5, 0.6) is 0 Å². The maximum atomic E-state index is 11.5. The monoisotopic (exact) mass is 272 g/mol. The van der Waals surface area contributed by atoms with Crippen LogP contribution in [0.15, 0.2) is 30.3 Å². The van der Waals surface area contributed by atoms with Gasteiger partial charge in [0.15, 0.2) is 0 Å². The van der Waals surface area contributed by atoms with Gasteiger partial charge in [-0.25, -0.2) is 0 Å². The number of nitrogens with two attached hydrogens (primary N) is 1. The Bertz CT molecular complexity index is 344. The van der Waals surface area contributed by atoms with E-state index in [0.29, 0.717) is 13.0 Å². The number of benzene rings is 1. The third-order valence-corrected chi connectivity index (χ3v) is 2.45. The lowest BCUT2D eigenvalue weighted by atomic mass is 10.1. The Morgan fingerprint density at radius 2 is 2.00 bits per heavy atom. The van der Waals surface area contributed by atoms with Crippen molar-refractivity contribution >= 4 is 18.3 Å². The van der Waals surface area contributed by atoms with E-state index in [9.17, 15) is 4.79 Å². The van der Waals surface area contributed by atoms with E-state index in [1.165, 1.54) is 0 Å². The van der Waals surface area contributed by atoms with Crippen molar-refractivity contribution in [3.05, 3.63) is 35.9 Å². The molecule has 0 heterocycles. The summed E-state index contributed by atoms with van der Waals surface area (Å²) in [4.78, 5) is 11.5.